The summed E-state index contributed by atoms with van der Waals surface area (Å²) in [6, 6.07) is 51.9. The van der Waals surface area contributed by atoms with Crippen LogP contribution < -0.4 is 5.32 Å². The van der Waals surface area contributed by atoms with Crippen LogP contribution in [0.2, 0.25) is 0 Å². The average molecular weight is 797 g/mol. The van der Waals surface area contributed by atoms with E-state index in [1.54, 1.807) is 0 Å². The number of amides is 1. The van der Waals surface area contributed by atoms with Crippen LogP contribution in [-0.4, -0.2) is 37.8 Å². The Labute approximate surface area is 346 Å². The van der Waals surface area contributed by atoms with Crippen LogP contribution in [-0.2, 0) is 22.6 Å². The molecular formula is C49H40N4O5S. The Hall–Kier alpha value is -6.43. The van der Waals surface area contributed by atoms with E-state index >= 15 is 0 Å². The van der Waals surface area contributed by atoms with Crippen LogP contribution in [0.1, 0.15) is 51.6 Å². The molecule has 10 heteroatoms. The smallest absolute Gasteiger partial charge is 0.271 e. The summed E-state index contributed by atoms with van der Waals surface area (Å²) in [5.41, 5.74) is 10.2. The molecule has 0 saturated carbocycles. The predicted octanol–water partition coefficient (Wildman–Crippen LogP) is 10.4. The number of aliphatic hydroxyl groups is 1. The summed E-state index contributed by atoms with van der Waals surface area (Å²) >= 11 is 1.53. The molecular weight excluding hydrogens is 757 g/mol. The molecule has 9 nitrogen and oxygen atoms in total. The normalized spacial score (nSPS) is 16.5. The molecule has 1 aliphatic rings. The molecule has 8 aromatic rings. The van der Waals surface area contributed by atoms with Crippen molar-refractivity contribution in [2.24, 2.45) is 0 Å². The topological polar surface area (TPSA) is 120 Å². The number of para-hydroxylation sites is 2. The van der Waals surface area contributed by atoms with E-state index in [9.17, 15) is 9.90 Å². The molecule has 2 N–H and O–H groups in total. The highest BCUT2D eigenvalue weighted by molar-refractivity contribution is 7.99. The van der Waals surface area contributed by atoms with Crippen molar-refractivity contribution in [3.05, 3.63) is 192 Å². The second-order valence-corrected chi connectivity index (χ2v) is 15.3. The maximum atomic E-state index is 12.9. The van der Waals surface area contributed by atoms with E-state index in [4.69, 9.17) is 18.9 Å². The first-order valence-corrected chi connectivity index (χ1v) is 20.5. The highest BCUT2D eigenvalue weighted by Gasteiger charge is 2.33. The highest BCUT2D eigenvalue weighted by Crippen LogP contribution is 2.41. The van der Waals surface area contributed by atoms with Crippen LogP contribution in [0.25, 0.3) is 44.7 Å². The number of carbonyl (C=O) groups excluding carboxylic acids is 1. The molecule has 3 unspecified atom stereocenters. The molecule has 1 saturated heterocycles. The first-order valence-electron chi connectivity index (χ1n) is 19.5. The molecule has 0 spiro atoms. The minimum absolute atomic E-state index is 0.0205. The van der Waals surface area contributed by atoms with Gasteiger partial charge in [-0.2, -0.15) is 0 Å². The van der Waals surface area contributed by atoms with Crippen molar-refractivity contribution in [3.63, 3.8) is 0 Å². The maximum absolute atomic E-state index is 12.9. The zero-order valence-electron chi connectivity index (χ0n) is 32.0. The van der Waals surface area contributed by atoms with Gasteiger partial charge in [-0.15, -0.1) is 0 Å². The summed E-state index contributed by atoms with van der Waals surface area (Å²) in [7, 11) is 0. The van der Waals surface area contributed by atoms with Gasteiger partial charge in [-0.3, -0.25) is 9.78 Å². The number of fused-ring (bicyclic) bond motifs is 1. The van der Waals surface area contributed by atoms with Gasteiger partial charge in [0.2, 0.25) is 0 Å². The van der Waals surface area contributed by atoms with Gasteiger partial charge in [-0.1, -0.05) is 151 Å². The fourth-order valence-corrected chi connectivity index (χ4v) is 8.00. The van der Waals surface area contributed by atoms with E-state index in [2.05, 4.69) is 39.6 Å². The minimum atomic E-state index is -0.616. The number of aliphatic hydroxyl groups excluding tert-OH is 1. The molecule has 1 aliphatic heterocycles. The van der Waals surface area contributed by atoms with E-state index in [0.717, 1.165) is 61.5 Å². The van der Waals surface area contributed by atoms with Crippen LogP contribution in [0.5, 0.6) is 0 Å². The van der Waals surface area contributed by atoms with Crippen molar-refractivity contribution < 1.29 is 23.8 Å². The summed E-state index contributed by atoms with van der Waals surface area (Å²) in [6.07, 6.45) is 1.11. The number of aromatic nitrogens is 3. The Morgan fingerprint density at radius 2 is 1.37 bits per heavy atom. The Morgan fingerprint density at radius 3 is 2.14 bits per heavy atom. The van der Waals surface area contributed by atoms with Crippen LogP contribution in [0.4, 0.5) is 0 Å². The zero-order valence-corrected chi connectivity index (χ0v) is 32.8. The van der Waals surface area contributed by atoms with Gasteiger partial charge in [0.05, 0.1) is 36.0 Å². The standard InChI is InChI=1S/C49H40N4O5S/c54-30-32-18-20-35(21-19-32)44-27-40(31-59-49-53-45(36-11-3-1-4-12-36)46(58-49)37-13-5-2-6-14-37)56-48(57-44)38-24-22-34(23-25-38)39-15-9-10-33(26-39)28-51-47(55)43-29-50-41-16-7-8-17-42(41)52-43/h1-26,29,40,44,48,54H,27-28,30-31H2,(H,51,55). The lowest BCUT2D eigenvalue weighted by molar-refractivity contribution is -0.245. The molecule has 6 aromatic carbocycles. The summed E-state index contributed by atoms with van der Waals surface area (Å²) in [6.45, 7) is 0.324. The first kappa shape index (κ1) is 38.1. The predicted molar refractivity (Wildman–Crippen MR) is 229 cm³/mol. The molecule has 1 fully saturated rings. The third kappa shape index (κ3) is 8.86. The molecule has 0 bridgehead atoms. The number of nitrogens with zero attached hydrogens (tertiary/aromatic N) is 3. The number of carbonyl (C=O) groups is 1. The summed E-state index contributed by atoms with van der Waals surface area (Å²) < 4.78 is 19.8. The zero-order chi connectivity index (χ0) is 40.0. The highest BCUT2D eigenvalue weighted by atomic mass is 32.2. The molecule has 2 aromatic heterocycles. The molecule has 0 radical (unpaired) electrons. The van der Waals surface area contributed by atoms with Gasteiger partial charge in [-0.25, -0.2) is 9.97 Å². The van der Waals surface area contributed by atoms with Gasteiger partial charge < -0.3 is 24.3 Å². The van der Waals surface area contributed by atoms with Gasteiger partial charge in [0.15, 0.2) is 12.1 Å². The minimum Gasteiger partial charge on any atom is -0.431 e. The Bertz CT molecular complexity index is 2620. The van der Waals surface area contributed by atoms with E-state index < -0.39 is 6.29 Å². The number of thioether (sulfide) groups is 1. The van der Waals surface area contributed by atoms with Crippen molar-refractivity contribution in [1.29, 1.82) is 0 Å². The third-order valence-corrected chi connectivity index (χ3v) is 11.2. The summed E-state index contributed by atoms with van der Waals surface area (Å²) in [5.74, 6) is 1.06. The van der Waals surface area contributed by atoms with Crippen molar-refractivity contribution in [2.45, 2.75) is 43.3 Å². The van der Waals surface area contributed by atoms with Crippen molar-refractivity contribution in [1.82, 2.24) is 20.3 Å². The molecule has 292 valence electrons. The van der Waals surface area contributed by atoms with Crippen molar-refractivity contribution in [2.75, 3.05) is 5.75 Å². The molecule has 3 heterocycles. The Kier molecular flexibility index (Phi) is 11.4. The van der Waals surface area contributed by atoms with Crippen LogP contribution in [0, 0.1) is 0 Å². The average Bonchev–Trinajstić information content (AvgIpc) is 3.75. The maximum Gasteiger partial charge on any atom is 0.271 e. The second-order valence-electron chi connectivity index (χ2n) is 14.3. The number of benzene rings is 6. The third-order valence-electron chi connectivity index (χ3n) is 10.3. The lowest BCUT2D eigenvalue weighted by Crippen LogP contribution is -2.31. The summed E-state index contributed by atoms with van der Waals surface area (Å²) in [5, 5.41) is 13.2. The lowest BCUT2D eigenvalue weighted by Gasteiger charge is -2.36. The van der Waals surface area contributed by atoms with Crippen molar-refractivity contribution in [3.8, 4) is 33.7 Å². The van der Waals surface area contributed by atoms with Gasteiger partial charge in [0.1, 0.15) is 11.4 Å². The molecule has 9 rings (SSSR count). The summed E-state index contributed by atoms with van der Waals surface area (Å²) in [4.78, 5) is 26.8. The number of oxazole rings is 1. The van der Waals surface area contributed by atoms with Gasteiger partial charge in [0.25, 0.3) is 11.1 Å². The number of rotatable bonds is 12. The Morgan fingerprint density at radius 1 is 0.678 bits per heavy atom. The van der Waals surface area contributed by atoms with E-state index in [1.807, 2.05) is 133 Å². The molecule has 59 heavy (non-hydrogen) atoms. The number of ether oxygens (including phenoxy) is 2. The second kappa shape index (κ2) is 17.6. The number of hydrogen-bond acceptors (Lipinski definition) is 9. The number of hydrogen-bond donors (Lipinski definition) is 2. The van der Waals surface area contributed by atoms with E-state index in [0.29, 0.717) is 29.5 Å². The van der Waals surface area contributed by atoms with Gasteiger partial charge >= 0.3 is 0 Å². The Balaban J connectivity index is 0.909. The van der Waals surface area contributed by atoms with Crippen LogP contribution in [0.3, 0.4) is 0 Å². The molecule has 3 atom stereocenters. The SMILES string of the molecule is O=C(NCc1cccc(-c2ccc(C3OC(CSc4nc(-c5ccccc5)c(-c5ccccc5)o4)CC(c4ccc(CO)cc4)O3)cc2)c1)c1cnc2ccccc2n1. The van der Waals surface area contributed by atoms with E-state index in [1.165, 1.54) is 18.0 Å². The van der Waals surface area contributed by atoms with Crippen LogP contribution in [0.15, 0.2) is 174 Å². The van der Waals surface area contributed by atoms with Crippen molar-refractivity contribution >= 4 is 28.7 Å². The largest absolute Gasteiger partial charge is 0.431 e. The molecule has 1 amide bonds. The monoisotopic (exact) mass is 796 g/mol. The van der Waals surface area contributed by atoms with Gasteiger partial charge in [-0.05, 0) is 46.0 Å². The number of nitrogens with one attached hydrogen (secondary N) is 1. The first-order chi connectivity index (χ1) is 29.1. The molecule has 0 aliphatic carbocycles. The fraction of sp³-hybridized carbons (Fsp3) is 0.143. The van der Waals surface area contributed by atoms with Gasteiger partial charge in [0, 0.05) is 35.4 Å². The fourth-order valence-electron chi connectivity index (χ4n) is 7.16. The van der Waals surface area contributed by atoms with E-state index in [-0.39, 0.29) is 30.4 Å². The lowest BCUT2D eigenvalue weighted by atomic mass is 9.99. The quantitative estimate of drug-likeness (QED) is 0.116. The van der Waals surface area contributed by atoms with Crippen LogP contribution >= 0.6 is 11.8 Å².